The van der Waals surface area contributed by atoms with Crippen LogP contribution in [0.5, 0.6) is 5.75 Å². The standard InChI is InChI=1S/C17H25N3O3.HI/c1-4-18-17(19-10-12(2)16(21)22-3)20-11-14-9-13-7-5-6-8-15(13)23-14;/h5-8,12,14H,4,9-11H2,1-3H3,(H2,18,19,20);1H. The van der Waals surface area contributed by atoms with Crippen molar-refractivity contribution in [2.24, 2.45) is 10.9 Å². The Morgan fingerprint density at radius 1 is 1.42 bits per heavy atom. The lowest BCUT2D eigenvalue weighted by Crippen LogP contribution is -2.42. The van der Waals surface area contributed by atoms with Crippen molar-refractivity contribution in [2.45, 2.75) is 26.4 Å². The number of aliphatic imine (C=N–C) groups is 1. The lowest BCUT2D eigenvalue weighted by Gasteiger charge is -2.16. The number of carbonyl (C=O) groups is 1. The van der Waals surface area contributed by atoms with Gasteiger partial charge in [0, 0.05) is 13.0 Å². The smallest absolute Gasteiger partial charge is 0.310 e. The van der Waals surface area contributed by atoms with Gasteiger partial charge in [-0.15, -0.1) is 24.0 Å². The SMILES string of the molecule is CCNC(=NCC(C)C(=O)OC)NCC1Cc2ccccc2O1.I. The van der Waals surface area contributed by atoms with Crippen LogP contribution in [0.3, 0.4) is 0 Å². The first-order valence-corrected chi connectivity index (χ1v) is 7.98. The van der Waals surface area contributed by atoms with Crippen LogP contribution in [0.15, 0.2) is 29.3 Å². The van der Waals surface area contributed by atoms with E-state index in [0.717, 1.165) is 18.7 Å². The summed E-state index contributed by atoms with van der Waals surface area (Å²) in [6, 6.07) is 8.09. The molecule has 2 atom stereocenters. The van der Waals surface area contributed by atoms with Crippen LogP contribution in [0.1, 0.15) is 19.4 Å². The van der Waals surface area contributed by atoms with Gasteiger partial charge >= 0.3 is 5.97 Å². The molecule has 2 rings (SSSR count). The van der Waals surface area contributed by atoms with E-state index < -0.39 is 0 Å². The number of rotatable bonds is 6. The first-order valence-electron chi connectivity index (χ1n) is 7.98. The van der Waals surface area contributed by atoms with Crippen molar-refractivity contribution in [3.8, 4) is 5.75 Å². The molecule has 2 N–H and O–H groups in total. The molecule has 2 unspecified atom stereocenters. The van der Waals surface area contributed by atoms with Crippen molar-refractivity contribution >= 4 is 35.9 Å². The molecular weight excluding hydrogens is 421 g/mol. The minimum Gasteiger partial charge on any atom is -0.488 e. The second-order valence-electron chi connectivity index (χ2n) is 5.58. The van der Waals surface area contributed by atoms with Crippen LogP contribution >= 0.6 is 24.0 Å². The predicted octanol–water partition coefficient (Wildman–Crippen LogP) is 1.97. The number of nitrogens with one attached hydrogen (secondary N) is 2. The molecule has 0 radical (unpaired) electrons. The highest BCUT2D eigenvalue weighted by Gasteiger charge is 2.22. The first kappa shape index (κ1) is 20.5. The molecule has 0 amide bonds. The molecule has 1 aromatic rings. The van der Waals surface area contributed by atoms with E-state index in [0.29, 0.717) is 19.0 Å². The number of para-hydroxylation sites is 1. The molecule has 6 nitrogen and oxygen atoms in total. The van der Waals surface area contributed by atoms with Crippen molar-refractivity contribution < 1.29 is 14.3 Å². The highest BCUT2D eigenvalue weighted by atomic mass is 127. The monoisotopic (exact) mass is 447 g/mol. The van der Waals surface area contributed by atoms with E-state index in [1.165, 1.54) is 12.7 Å². The summed E-state index contributed by atoms with van der Waals surface area (Å²) in [4.78, 5) is 15.9. The fraction of sp³-hybridized carbons (Fsp3) is 0.529. The van der Waals surface area contributed by atoms with E-state index in [9.17, 15) is 4.79 Å². The summed E-state index contributed by atoms with van der Waals surface area (Å²) in [5.74, 6) is 1.13. The van der Waals surface area contributed by atoms with Crippen LogP contribution in [0, 0.1) is 5.92 Å². The molecule has 24 heavy (non-hydrogen) atoms. The van der Waals surface area contributed by atoms with Gasteiger partial charge in [-0.05, 0) is 18.6 Å². The molecule has 0 bridgehead atoms. The number of esters is 1. The van der Waals surface area contributed by atoms with Crippen molar-refractivity contribution in [2.75, 3.05) is 26.7 Å². The van der Waals surface area contributed by atoms with Crippen LogP contribution in [-0.4, -0.2) is 44.8 Å². The molecule has 0 aliphatic carbocycles. The number of ether oxygens (including phenoxy) is 2. The molecule has 0 spiro atoms. The quantitative estimate of drug-likeness (QED) is 0.302. The lowest BCUT2D eigenvalue weighted by atomic mass is 10.1. The molecule has 0 saturated heterocycles. The minimum atomic E-state index is -0.262. The van der Waals surface area contributed by atoms with E-state index in [4.69, 9.17) is 9.47 Å². The molecule has 7 heteroatoms. The fourth-order valence-electron chi connectivity index (χ4n) is 2.42. The van der Waals surface area contributed by atoms with Crippen LogP contribution < -0.4 is 15.4 Å². The van der Waals surface area contributed by atoms with Gasteiger partial charge in [0.2, 0.25) is 0 Å². The molecule has 0 saturated carbocycles. The Labute approximate surface area is 160 Å². The molecule has 1 aliphatic heterocycles. The third-order valence-electron chi connectivity index (χ3n) is 3.68. The van der Waals surface area contributed by atoms with Gasteiger partial charge < -0.3 is 20.1 Å². The Morgan fingerprint density at radius 2 is 2.17 bits per heavy atom. The molecule has 1 aromatic carbocycles. The van der Waals surface area contributed by atoms with Gasteiger partial charge in [-0.2, -0.15) is 0 Å². The summed E-state index contributed by atoms with van der Waals surface area (Å²) in [5, 5.41) is 6.44. The third-order valence-corrected chi connectivity index (χ3v) is 3.68. The van der Waals surface area contributed by atoms with Crippen LogP contribution in [-0.2, 0) is 16.0 Å². The van der Waals surface area contributed by atoms with Gasteiger partial charge in [0.1, 0.15) is 11.9 Å². The molecule has 1 aliphatic rings. The maximum absolute atomic E-state index is 11.4. The number of guanidine groups is 1. The molecule has 0 aromatic heterocycles. The number of carbonyl (C=O) groups excluding carboxylic acids is 1. The van der Waals surface area contributed by atoms with Crippen molar-refractivity contribution in [3.05, 3.63) is 29.8 Å². The van der Waals surface area contributed by atoms with Gasteiger partial charge in [0.25, 0.3) is 0 Å². The topological polar surface area (TPSA) is 72.0 Å². The zero-order valence-electron chi connectivity index (χ0n) is 14.4. The van der Waals surface area contributed by atoms with Crippen LogP contribution in [0.2, 0.25) is 0 Å². The zero-order valence-corrected chi connectivity index (χ0v) is 16.7. The van der Waals surface area contributed by atoms with Crippen LogP contribution in [0.25, 0.3) is 0 Å². The normalized spacial score (nSPS) is 17.1. The van der Waals surface area contributed by atoms with Gasteiger partial charge in [-0.3, -0.25) is 9.79 Å². The van der Waals surface area contributed by atoms with Gasteiger partial charge in [0.15, 0.2) is 5.96 Å². The number of halogens is 1. The number of hydrogen-bond acceptors (Lipinski definition) is 4. The zero-order chi connectivity index (χ0) is 16.7. The highest BCUT2D eigenvalue weighted by molar-refractivity contribution is 14.0. The average Bonchev–Trinajstić information content (AvgIpc) is 2.99. The minimum absolute atomic E-state index is 0. The number of hydrogen-bond donors (Lipinski definition) is 2. The van der Waals surface area contributed by atoms with Gasteiger partial charge in [-0.1, -0.05) is 25.1 Å². The summed E-state index contributed by atoms with van der Waals surface area (Å²) in [6.45, 7) is 5.60. The number of nitrogens with zero attached hydrogens (tertiary/aromatic N) is 1. The summed E-state index contributed by atoms with van der Waals surface area (Å²) in [6.07, 6.45) is 0.982. The van der Waals surface area contributed by atoms with Gasteiger partial charge in [0.05, 0.1) is 26.1 Å². The van der Waals surface area contributed by atoms with Crippen LogP contribution in [0.4, 0.5) is 0 Å². The Kier molecular flexibility index (Phi) is 8.88. The van der Waals surface area contributed by atoms with E-state index in [1.54, 1.807) is 6.92 Å². The van der Waals surface area contributed by atoms with Crippen molar-refractivity contribution in [1.29, 1.82) is 0 Å². The Hall–Kier alpha value is -1.51. The lowest BCUT2D eigenvalue weighted by molar-refractivity contribution is -0.144. The molecule has 134 valence electrons. The predicted molar refractivity (Wildman–Crippen MR) is 105 cm³/mol. The Balaban J connectivity index is 0.00000288. The molecule has 1 heterocycles. The maximum Gasteiger partial charge on any atom is 0.310 e. The largest absolute Gasteiger partial charge is 0.488 e. The average molecular weight is 447 g/mol. The summed E-state index contributed by atoms with van der Waals surface area (Å²) in [7, 11) is 1.39. The summed E-state index contributed by atoms with van der Waals surface area (Å²) in [5.41, 5.74) is 1.24. The first-order chi connectivity index (χ1) is 11.1. The third kappa shape index (κ3) is 5.85. The van der Waals surface area contributed by atoms with E-state index in [-0.39, 0.29) is 42.0 Å². The molecule has 0 fully saturated rings. The Morgan fingerprint density at radius 3 is 2.83 bits per heavy atom. The summed E-state index contributed by atoms with van der Waals surface area (Å²) < 4.78 is 10.6. The number of fused-ring (bicyclic) bond motifs is 1. The maximum atomic E-state index is 11.4. The Bertz CT molecular complexity index is 541. The van der Waals surface area contributed by atoms with Gasteiger partial charge in [-0.25, -0.2) is 0 Å². The number of methoxy groups -OCH3 is 1. The van der Waals surface area contributed by atoms with E-state index in [2.05, 4.69) is 21.7 Å². The summed E-state index contributed by atoms with van der Waals surface area (Å²) >= 11 is 0. The van der Waals surface area contributed by atoms with E-state index in [1.807, 2.05) is 25.1 Å². The highest BCUT2D eigenvalue weighted by Crippen LogP contribution is 2.27. The second-order valence-corrected chi connectivity index (χ2v) is 5.58. The fourth-order valence-corrected chi connectivity index (χ4v) is 2.42. The van der Waals surface area contributed by atoms with Crippen molar-refractivity contribution in [3.63, 3.8) is 0 Å². The second kappa shape index (κ2) is 10.4. The van der Waals surface area contributed by atoms with E-state index >= 15 is 0 Å². The molecular formula is C17H26IN3O3. The van der Waals surface area contributed by atoms with Crippen molar-refractivity contribution in [1.82, 2.24) is 10.6 Å². The number of benzene rings is 1.